The lowest BCUT2D eigenvalue weighted by atomic mass is 10.2. The molecule has 31 heavy (non-hydrogen) atoms. The number of imide groups is 1. The molecule has 6 nitrogen and oxygen atoms in total. The average Bonchev–Trinajstić information content (AvgIpc) is 3.33. The minimum absolute atomic E-state index is 0.0127. The second kappa shape index (κ2) is 8.71. The summed E-state index contributed by atoms with van der Waals surface area (Å²) in [6.07, 6.45) is 2.66. The quantitative estimate of drug-likeness (QED) is 0.546. The fourth-order valence-corrected chi connectivity index (χ4v) is 6.93. The largest absolute Gasteiger partial charge is 0.274 e. The number of carbonyl (C=O) groups excluding carboxylic acids is 2. The standard InChI is InChI=1S/C21H19Cl3N2O4S/c22-13-5-8-15(9-6-13)25-20(27)12-18(21(25)28)26(16-3-1-2-4-16)31(29,30)19-11-14(23)7-10-17(19)24/h5-11,16,18H,1-4,12H2. The van der Waals surface area contributed by atoms with E-state index in [1.54, 1.807) is 24.3 Å². The molecule has 2 aromatic rings. The Labute approximate surface area is 195 Å². The highest BCUT2D eigenvalue weighted by Crippen LogP contribution is 2.38. The van der Waals surface area contributed by atoms with Crippen LogP contribution in [0.3, 0.4) is 0 Å². The monoisotopic (exact) mass is 500 g/mol. The third-order valence-corrected chi connectivity index (χ3v) is 8.58. The normalized spacial score (nSPS) is 20.3. The smallest absolute Gasteiger partial charge is 0.252 e. The molecule has 1 atom stereocenters. The Morgan fingerprint density at radius 3 is 2.16 bits per heavy atom. The van der Waals surface area contributed by atoms with Crippen LogP contribution in [0.4, 0.5) is 5.69 Å². The molecule has 0 aromatic heterocycles. The van der Waals surface area contributed by atoms with Gasteiger partial charge < -0.3 is 0 Å². The Morgan fingerprint density at radius 1 is 0.903 bits per heavy atom. The summed E-state index contributed by atoms with van der Waals surface area (Å²) in [5, 5.41) is 0.690. The van der Waals surface area contributed by atoms with Crippen LogP contribution in [0.15, 0.2) is 47.4 Å². The van der Waals surface area contributed by atoms with Gasteiger partial charge in [0.05, 0.1) is 17.1 Å². The van der Waals surface area contributed by atoms with Crippen LogP contribution in [-0.4, -0.2) is 36.6 Å². The number of nitrogens with zero attached hydrogens (tertiary/aromatic N) is 2. The van der Waals surface area contributed by atoms with Crippen molar-refractivity contribution < 1.29 is 18.0 Å². The summed E-state index contributed by atoms with van der Waals surface area (Å²) in [5.74, 6) is -1.05. The maximum Gasteiger partial charge on any atom is 0.252 e. The number of hydrogen-bond acceptors (Lipinski definition) is 4. The van der Waals surface area contributed by atoms with E-state index in [1.807, 2.05) is 0 Å². The van der Waals surface area contributed by atoms with Gasteiger partial charge in [-0.2, -0.15) is 4.31 Å². The highest BCUT2D eigenvalue weighted by atomic mass is 35.5. The Morgan fingerprint density at radius 2 is 1.52 bits per heavy atom. The van der Waals surface area contributed by atoms with E-state index in [2.05, 4.69) is 0 Å². The third-order valence-electron chi connectivity index (χ3n) is 5.65. The predicted molar refractivity (Wildman–Crippen MR) is 120 cm³/mol. The molecular weight excluding hydrogens is 483 g/mol. The van der Waals surface area contributed by atoms with Gasteiger partial charge in [-0.25, -0.2) is 13.3 Å². The van der Waals surface area contributed by atoms with Gasteiger partial charge in [0.15, 0.2) is 0 Å². The molecule has 1 unspecified atom stereocenters. The number of benzene rings is 2. The molecule has 1 aliphatic heterocycles. The van der Waals surface area contributed by atoms with Gasteiger partial charge in [-0.15, -0.1) is 0 Å². The SMILES string of the molecule is O=C1CC(N(C2CCCC2)S(=O)(=O)c2cc(Cl)ccc2Cl)C(=O)N1c1ccc(Cl)cc1. The zero-order valence-corrected chi connectivity index (χ0v) is 19.4. The molecular formula is C21H19Cl3N2O4S. The van der Waals surface area contributed by atoms with Crippen molar-refractivity contribution in [1.82, 2.24) is 4.31 Å². The van der Waals surface area contributed by atoms with Crippen LogP contribution in [0.5, 0.6) is 0 Å². The summed E-state index contributed by atoms with van der Waals surface area (Å²) in [6, 6.07) is 8.90. The van der Waals surface area contributed by atoms with Gasteiger partial charge in [0.2, 0.25) is 15.9 Å². The van der Waals surface area contributed by atoms with E-state index in [-0.39, 0.29) is 21.4 Å². The molecule has 1 saturated heterocycles. The molecule has 1 heterocycles. The first-order chi connectivity index (χ1) is 14.7. The zero-order valence-electron chi connectivity index (χ0n) is 16.3. The van der Waals surface area contributed by atoms with Gasteiger partial charge in [-0.1, -0.05) is 47.6 Å². The van der Waals surface area contributed by atoms with Crippen LogP contribution in [0.1, 0.15) is 32.1 Å². The zero-order chi connectivity index (χ0) is 22.3. The van der Waals surface area contributed by atoms with E-state index < -0.39 is 33.9 Å². The van der Waals surface area contributed by atoms with Gasteiger partial charge in [-0.05, 0) is 55.3 Å². The van der Waals surface area contributed by atoms with Gasteiger partial charge in [0, 0.05) is 16.1 Å². The van der Waals surface area contributed by atoms with Crippen molar-refractivity contribution in [2.75, 3.05) is 4.90 Å². The fraction of sp³-hybridized carbons (Fsp3) is 0.333. The van der Waals surface area contributed by atoms with E-state index in [0.717, 1.165) is 17.7 Å². The number of amides is 2. The molecule has 2 amide bonds. The van der Waals surface area contributed by atoms with Gasteiger partial charge >= 0.3 is 0 Å². The van der Waals surface area contributed by atoms with Crippen molar-refractivity contribution in [3.05, 3.63) is 57.5 Å². The minimum atomic E-state index is -4.19. The van der Waals surface area contributed by atoms with Crippen LogP contribution in [0.2, 0.25) is 15.1 Å². The molecule has 0 bridgehead atoms. The van der Waals surface area contributed by atoms with Crippen molar-refractivity contribution in [2.24, 2.45) is 0 Å². The third kappa shape index (κ3) is 4.22. The van der Waals surface area contributed by atoms with Crippen molar-refractivity contribution in [1.29, 1.82) is 0 Å². The van der Waals surface area contributed by atoms with E-state index in [1.165, 1.54) is 22.5 Å². The first-order valence-electron chi connectivity index (χ1n) is 9.81. The van der Waals surface area contributed by atoms with E-state index in [0.29, 0.717) is 23.6 Å². The molecule has 2 aromatic carbocycles. The molecule has 1 aliphatic carbocycles. The maximum atomic E-state index is 13.7. The number of hydrogen-bond donors (Lipinski definition) is 0. The summed E-state index contributed by atoms with van der Waals surface area (Å²) in [5.41, 5.74) is 0.353. The Kier molecular flexibility index (Phi) is 6.34. The molecule has 1 saturated carbocycles. The van der Waals surface area contributed by atoms with Crippen LogP contribution in [-0.2, 0) is 19.6 Å². The number of carbonyl (C=O) groups is 2. The molecule has 2 aliphatic rings. The van der Waals surface area contributed by atoms with Gasteiger partial charge in [0.25, 0.3) is 5.91 Å². The van der Waals surface area contributed by atoms with Crippen LogP contribution in [0, 0.1) is 0 Å². The lowest BCUT2D eigenvalue weighted by molar-refractivity contribution is -0.122. The first kappa shape index (κ1) is 22.6. The summed E-state index contributed by atoms with van der Waals surface area (Å²) in [7, 11) is -4.19. The van der Waals surface area contributed by atoms with Gasteiger partial charge in [0.1, 0.15) is 10.9 Å². The molecule has 0 radical (unpaired) electrons. The van der Waals surface area contributed by atoms with Crippen molar-refractivity contribution in [2.45, 2.75) is 49.1 Å². The molecule has 0 spiro atoms. The lowest BCUT2D eigenvalue weighted by Gasteiger charge is -2.32. The fourth-order valence-electron chi connectivity index (χ4n) is 4.24. The predicted octanol–water partition coefficient (Wildman–Crippen LogP) is 4.91. The number of halogens is 3. The second-order valence-corrected chi connectivity index (χ2v) is 10.7. The topological polar surface area (TPSA) is 74.8 Å². The molecule has 10 heteroatoms. The van der Waals surface area contributed by atoms with Crippen molar-refractivity contribution >= 4 is 62.3 Å². The molecule has 164 valence electrons. The molecule has 2 fully saturated rings. The molecule has 4 rings (SSSR count). The Bertz CT molecular complexity index is 1130. The summed E-state index contributed by atoms with van der Waals surface area (Å²) < 4.78 is 28.6. The van der Waals surface area contributed by atoms with Crippen molar-refractivity contribution in [3.8, 4) is 0 Å². The summed E-state index contributed by atoms with van der Waals surface area (Å²) in [6.45, 7) is 0. The van der Waals surface area contributed by atoms with E-state index in [4.69, 9.17) is 34.8 Å². The number of anilines is 1. The second-order valence-electron chi connectivity index (χ2n) is 7.61. The van der Waals surface area contributed by atoms with Crippen LogP contribution >= 0.6 is 34.8 Å². The average molecular weight is 502 g/mol. The summed E-state index contributed by atoms with van der Waals surface area (Å²) >= 11 is 18.1. The highest BCUT2D eigenvalue weighted by Gasteiger charge is 2.50. The summed E-state index contributed by atoms with van der Waals surface area (Å²) in [4.78, 5) is 27.0. The maximum absolute atomic E-state index is 13.7. The van der Waals surface area contributed by atoms with Crippen LogP contribution in [0.25, 0.3) is 0 Å². The lowest BCUT2D eigenvalue weighted by Crippen LogP contribution is -2.49. The first-order valence-corrected chi connectivity index (χ1v) is 12.4. The number of rotatable bonds is 5. The van der Waals surface area contributed by atoms with E-state index in [9.17, 15) is 18.0 Å². The Hall–Kier alpha value is -1.64. The van der Waals surface area contributed by atoms with E-state index >= 15 is 0 Å². The number of sulfonamides is 1. The van der Waals surface area contributed by atoms with Crippen molar-refractivity contribution in [3.63, 3.8) is 0 Å². The molecule has 0 N–H and O–H groups in total. The highest BCUT2D eigenvalue weighted by molar-refractivity contribution is 7.89. The Balaban J connectivity index is 1.77. The minimum Gasteiger partial charge on any atom is -0.274 e. The van der Waals surface area contributed by atoms with Crippen LogP contribution < -0.4 is 4.90 Å². The van der Waals surface area contributed by atoms with Gasteiger partial charge in [-0.3, -0.25) is 9.59 Å².